The Morgan fingerprint density at radius 2 is 1.70 bits per heavy atom. The smallest absolute Gasteiger partial charge is 0.335 e. The molecule has 1 heterocycles. The van der Waals surface area contributed by atoms with Gasteiger partial charge in [-0.05, 0) is 62.2 Å². The van der Waals surface area contributed by atoms with E-state index in [2.05, 4.69) is 5.32 Å². The van der Waals surface area contributed by atoms with Gasteiger partial charge in [0.1, 0.15) is 0 Å². The molecule has 0 aromatic heterocycles. The maximum Gasteiger partial charge on any atom is 0.335 e. The monoisotopic (exact) mass is 404 g/mol. The van der Waals surface area contributed by atoms with E-state index in [1.165, 1.54) is 35.2 Å². The van der Waals surface area contributed by atoms with Gasteiger partial charge in [0.15, 0.2) is 0 Å². The fourth-order valence-electron chi connectivity index (χ4n) is 3.98. The Labute approximate surface area is 173 Å². The highest BCUT2D eigenvalue weighted by Gasteiger charge is 2.48. The van der Waals surface area contributed by atoms with Gasteiger partial charge in [-0.15, -0.1) is 0 Å². The molecule has 1 aliphatic heterocycles. The van der Waals surface area contributed by atoms with Crippen molar-refractivity contribution < 1.29 is 24.3 Å². The van der Waals surface area contributed by atoms with Crippen molar-refractivity contribution in [2.45, 2.75) is 19.8 Å². The average Bonchev–Trinajstić information content (AvgIpc) is 2.98. The molecule has 2 N–H and O–H groups in total. The van der Waals surface area contributed by atoms with Crippen LogP contribution in [0.5, 0.6) is 0 Å². The first kappa shape index (κ1) is 19.6. The Bertz CT molecular complexity index is 1090. The molecule has 152 valence electrons. The third kappa shape index (κ3) is 3.50. The quantitative estimate of drug-likeness (QED) is 0.600. The standard InChI is InChI=1S/C23H20N2O5/c1-13-5-10-18-19(11-13)22(28)25(21(18)27)17-4-2-3-15(12-17)20(26)24-16-8-6-14(7-9-16)23(29)30/h2-9,12,18-19H,10-11H2,1H3,(H,24,26)(H,29,30)/t18-,19-/m0/s1. The third-order valence-electron chi connectivity index (χ3n) is 5.58. The lowest BCUT2D eigenvalue weighted by molar-refractivity contribution is -0.122. The summed E-state index contributed by atoms with van der Waals surface area (Å²) in [6.07, 6.45) is 3.15. The predicted molar refractivity (Wildman–Crippen MR) is 110 cm³/mol. The van der Waals surface area contributed by atoms with Crippen molar-refractivity contribution in [2.24, 2.45) is 11.8 Å². The number of fused-ring (bicyclic) bond motifs is 1. The number of aromatic carboxylic acids is 1. The van der Waals surface area contributed by atoms with Crippen molar-refractivity contribution in [2.75, 3.05) is 10.2 Å². The summed E-state index contributed by atoms with van der Waals surface area (Å²) in [5.41, 5.74) is 2.34. The van der Waals surface area contributed by atoms with E-state index < -0.39 is 11.9 Å². The molecule has 0 spiro atoms. The van der Waals surface area contributed by atoms with Crippen LogP contribution in [0.1, 0.15) is 40.5 Å². The van der Waals surface area contributed by atoms with Gasteiger partial charge in [0.2, 0.25) is 11.8 Å². The van der Waals surface area contributed by atoms with Gasteiger partial charge in [0.05, 0.1) is 23.1 Å². The number of benzene rings is 2. The van der Waals surface area contributed by atoms with Gasteiger partial charge in [0.25, 0.3) is 5.91 Å². The van der Waals surface area contributed by atoms with Crippen molar-refractivity contribution in [3.05, 3.63) is 71.3 Å². The summed E-state index contributed by atoms with van der Waals surface area (Å²) >= 11 is 0. The van der Waals surface area contributed by atoms with Gasteiger partial charge in [0, 0.05) is 11.3 Å². The number of hydrogen-bond donors (Lipinski definition) is 2. The van der Waals surface area contributed by atoms with Crippen molar-refractivity contribution >= 4 is 35.1 Å². The second-order valence-corrected chi connectivity index (χ2v) is 7.60. The van der Waals surface area contributed by atoms with Crippen LogP contribution in [0.15, 0.2) is 60.2 Å². The van der Waals surface area contributed by atoms with Crippen LogP contribution >= 0.6 is 0 Å². The Balaban J connectivity index is 1.54. The minimum Gasteiger partial charge on any atom is -0.478 e. The molecule has 4 rings (SSSR count). The minimum absolute atomic E-state index is 0.118. The number of anilines is 2. The number of nitrogens with one attached hydrogen (secondary N) is 1. The summed E-state index contributed by atoms with van der Waals surface area (Å²) < 4.78 is 0. The van der Waals surface area contributed by atoms with E-state index in [0.29, 0.717) is 29.8 Å². The largest absolute Gasteiger partial charge is 0.478 e. The molecule has 7 nitrogen and oxygen atoms in total. The maximum atomic E-state index is 12.9. The Morgan fingerprint density at radius 3 is 2.40 bits per heavy atom. The molecular weight excluding hydrogens is 384 g/mol. The number of carbonyl (C=O) groups excluding carboxylic acids is 3. The van der Waals surface area contributed by atoms with Gasteiger partial charge in [-0.3, -0.25) is 19.3 Å². The molecule has 1 aliphatic carbocycles. The third-order valence-corrected chi connectivity index (χ3v) is 5.58. The van der Waals surface area contributed by atoms with Crippen molar-refractivity contribution in [3.63, 3.8) is 0 Å². The highest BCUT2D eigenvalue weighted by Crippen LogP contribution is 2.39. The predicted octanol–water partition coefficient (Wildman–Crippen LogP) is 3.48. The normalized spacial score (nSPS) is 20.6. The summed E-state index contributed by atoms with van der Waals surface area (Å²) in [5, 5.41) is 11.6. The van der Waals surface area contributed by atoms with E-state index >= 15 is 0 Å². The number of carboxylic acids is 1. The minimum atomic E-state index is -1.05. The molecule has 2 aliphatic rings. The summed E-state index contributed by atoms with van der Waals surface area (Å²) in [5.74, 6) is -2.60. The lowest BCUT2D eigenvalue weighted by atomic mass is 9.82. The van der Waals surface area contributed by atoms with Crippen LogP contribution in [0.2, 0.25) is 0 Å². The zero-order valence-corrected chi connectivity index (χ0v) is 16.3. The van der Waals surface area contributed by atoms with E-state index in [0.717, 1.165) is 5.57 Å². The van der Waals surface area contributed by atoms with Gasteiger partial charge >= 0.3 is 5.97 Å². The van der Waals surface area contributed by atoms with Crippen LogP contribution in [0.4, 0.5) is 11.4 Å². The van der Waals surface area contributed by atoms with Crippen molar-refractivity contribution in [1.29, 1.82) is 0 Å². The number of carbonyl (C=O) groups is 4. The van der Waals surface area contributed by atoms with E-state index in [1.807, 2.05) is 13.0 Å². The molecule has 7 heteroatoms. The number of amides is 3. The molecule has 0 unspecified atom stereocenters. The van der Waals surface area contributed by atoms with Gasteiger partial charge in [-0.1, -0.05) is 17.7 Å². The SMILES string of the molecule is CC1=CC[C@@H]2C(=O)N(c3cccc(C(=O)Nc4ccc(C(=O)O)cc4)c3)C(=O)[C@H]2C1. The molecule has 1 fully saturated rings. The molecule has 0 radical (unpaired) electrons. The van der Waals surface area contributed by atoms with E-state index in [-0.39, 0.29) is 29.2 Å². The van der Waals surface area contributed by atoms with Crippen molar-refractivity contribution in [1.82, 2.24) is 0 Å². The topological polar surface area (TPSA) is 104 Å². The molecule has 3 amide bonds. The van der Waals surface area contributed by atoms with Crippen LogP contribution in [-0.2, 0) is 9.59 Å². The number of rotatable bonds is 4. The van der Waals surface area contributed by atoms with Crippen LogP contribution in [0, 0.1) is 11.8 Å². The number of carboxylic acid groups (broad SMARTS) is 1. The lowest BCUT2D eigenvalue weighted by Crippen LogP contribution is -2.31. The zero-order chi connectivity index (χ0) is 21.4. The zero-order valence-electron chi connectivity index (χ0n) is 16.3. The Kier molecular flexibility index (Phi) is 4.95. The molecular formula is C23H20N2O5. The second kappa shape index (κ2) is 7.59. The van der Waals surface area contributed by atoms with Crippen LogP contribution < -0.4 is 10.2 Å². The molecule has 2 atom stereocenters. The molecule has 0 saturated carbocycles. The van der Waals surface area contributed by atoms with Crippen LogP contribution in [-0.4, -0.2) is 28.8 Å². The summed E-state index contributed by atoms with van der Waals surface area (Å²) in [6.45, 7) is 1.96. The molecule has 2 aromatic carbocycles. The number of allylic oxidation sites excluding steroid dienone is 2. The first-order chi connectivity index (χ1) is 14.3. The Hall–Kier alpha value is -3.74. The summed E-state index contributed by atoms with van der Waals surface area (Å²) in [7, 11) is 0. The summed E-state index contributed by atoms with van der Waals surface area (Å²) in [4.78, 5) is 50.5. The number of nitrogens with zero attached hydrogens (tertiary/aromatic N) is 1. The van der Waals surface area contributed by atoms with Crippen LogP contribution in [0.3, 0.4) is 0 Å². The fraction of sp³-hybridized carbons (Fsp3) is 0.217. The van der Waals surface area contributed by atoms with E-state index in [1.54, 1.807) is 18.2 Å². The molecule has 2 aromatic rings. The first-order valence-corrected chi connectivity index (χ1v) is 9.63. The van der Waals surface area contributed by atoms with E-state index in [4.69, 9.17) is 5.11 Å². The molecule has 30 heavy (non-hydrogen) atoms. The highest BCUT2D eigenvalue weighted by atomic mass is 16.4. The number of hydrogen-bond acceptors (Lipinski definition) is 4. The first-order valence-electron chi connectivity index (χ1n) is 9.63. The fourth-order valence-corrected chi connectivity index (χ4v) is 3.98. The molecule has 1 saturated heterocycles. The number of imide groups is 1. The van der Waals surface area contributed by atoms with Gasteiger partial charge in [-0.25, -0.2) is 4.79 Å². The lowest BCUT2D eigenvalue weighted by Gasteiger charge is -2.18. The van der Waals surface area contributed by atoms with Gasteiger partial charge < -0.3 is 10.4 Å². The van der Waals surface area contributed by atoms with Crippen LogP contribution in [0.25, 0.3) is 0 Å². The van der Waals surface area contributed by atoms with Crippen molar-refractivity contribution in [3.8, 4) is 0 Å². The Morgan fingerprint density at radius 1 is 1.00 bits per heavy atom. The van der Waals surface area contributed by atoms with E-state index in [9.17, 15) is 19.2 Å². The average molecular weight is 404 g/mol. The maximum absolute atomic E-state index is 12.9. The highest BCUT2D eigenvalue weighted by molar-refractivity contribution is 6.22. The molecule has 0 bridgehead atoms. The van der Waals surface area contributed by atoms with Gasteiger partial charge in [-0.2, -0.15) is 0 Å². The second-order valence-electron chi connectivity index (χ2n) is 7.60. The summed E-state index contributed by atoms with van der Waals surface area (Å²) in [6, 6.07) is 12.2.